The highest BCUT2D eigenvalue weighted by Gasteiger charge is 2.10. The standard InChI is InChI=1S/C16H16N2/c1-10-3-8-15-14(9-10)16(11(2)18-15)12-4-6-13(17)7-5-12/h3-9,18H,17H2,1-2H3. The topological polar surface area (TPSA) is 41.8 Å². The second kappa shape index (κ2) is 3.91. The molecule has 2 aromatic carbocycles. The van der Waals surface area contributed by atoms with Gasteiger partial charge in [-0.3, -0.25) is 0 Å². The molecule has 1 aromatic heterocycles. The molecule has 3 rings (SSSR count). The van der Waals surface area contributed by atoms with Crippen LogP contribution < -0.4 is 5.73 Å². The number of hydrogen-bond donors (Lipinski definition) is 2. The summed E-state index contributed by atoms with van der Waals surface area (Å²) < 4.78 is 0. The lowest BCUT2D eigenvalue weighted by Crippen LogP contribution is -1.84. The molecule has 0 unspecified atom stereocenters. The number of nitrogens with two attached hydrogens (primary N) is 1. The Hall–Kier alpha value is -2.22. The van der Waals surface area contributed by atoms with Gasteiger partial charge >= 0.3 is 0 Å². The van der Waals surface area contributed by atoms with Crippen molar-refractivity contribution in [3.05, 3.63) is 53.7 Å². The van der Waals surface area contributed by atoms with Gasteiger partial charge in [-0.25, -0.2) is 0 Å². The van der Waals surface area contributed by atoms with Gasteiger partial charge in [-0.1, -0.05) is 23.8 Å². The Balaban J connectivity index is 2.30. The number of aromatic amines is 1. The van der Waals surface area contributed by atoms with E-state index in [9.17, 15) is 0 Å². The number of aryl methyl sites for hydroxylation is 2. The first-order valence-electron chi connectivity index (χ1n) is 6.10. The van der Waals surface area contributed by atoms with Crippen LogP contribution >= 0.6 is 0 Å². The molecule has 3 N–H and O–H groups in total. The van der Waals surface area contributed by atoms with Crippen molar-refractivity contribution in [1.29, 1.82) is 0 Å². The summed E-state index contributed by atoms with van der Waals surface area (Å²) in [5, 5.41) is 1.28. The van der Waals surface area contributed by atoms with E-state index in [4.69, 9.17) is 5.73 Å². The zero-order valence-corrected chi connectivity index (χ0v) is 10.6. The fourth-order valence-corrected chi connectivity index (χ4v) is 2.46. The molecule has 18 heavy (non-hydrogen) atoms. The number of nitrogen functional groups attached to an aromatic ring is 1. The van der Waals surface area contributed by atoms with E-state index in [1.807, 2.05) is 12.1 Å². The number of aromatic nitrogens is 1. The summed E-state index contributed by atoms with van der Waals surface area (Å²) in [5.41, 5.74) is 12.7. The molecule has 0 aliphatic carbocycles. The quantitative estimate of drug-likeness (QED) is 0.615. The first-order chi connectivity index (χ1) is 8.65. The molecule has 0 radical (unpaired) electrons. The first kappa shape index (κ1) is 10.9. The smallest absolute Gasteiger partial charge is 0.0462 e. The third kappa shape index (κ3) is 1.66. The van der Waals surface area contributed by atoms with Gasteiger partial charge in [0.05, 0.1) is 0 Å². The maximum Gasteiger partial charge on any atom is 0.0462 e. The molecular weight excluding hydrogens is 220 g/mol. The van der Waals surface area contributed by atoms with Gasteiger partial charge in [0.25, 0.3) is 0 Å². The lowest BCUT2D eigenvalue weighted by atomic mass is 10.0. The van der Waals surface area contributed by atoms with E-state index in [1.165, 1.54) is 33.3 Å². The number of fused-ring (bicyclic) bond motifs is 1. The van der Waals surface area contributed by atoms with Gasteiger partial charge in [-0.15, -0.1) is 0 Å². The average Bonchev–Trinajstić information content (AvgIpc) is 2.66. The van der Waals surface area contributed by atoms with Crippen molar-refractivity contribution in [3.63, 3.8) is 0 Å². The summed E-state index contributed by atoms with van der Waals surface area (Å²) in [7, 11) is 0. The molecule has 0 aliphatic heterocycles. The van der Waals surface area contributed by atoms with E-state index in [0.29, 0.717) is 0 Å². The van der Waals surface area contributed by atoms with E-state index in [2.05, 4.69) is 49.2 Å². The van der Waals surface area contributed by atoms with Gasteiger partial charge in [0.1, 0.15) is 0 Å². The van der Waals surface area contributed by atoms with Crippen LogP contribution in [0.3, 0.4) is 0 Å². The van der Waals surface area contributed by atoms with Gasteiger partial charge in [0, 0.05) is 27.8 Å². The Morgan fingerprint density at radius 3 is 2.39 bits per heavy atom. The second-order valence-electron chi connectivity index (χ2n) is 4.80. The predicted octanol–water partition coefficient (Wildman–Crippen LogP) is 4.03. The van der Waals surface area contributed by atoms with Crippen LogP contribution in [0, 0.1) is 13.8 Å². The van der Waals surface area contributed by atoms with Crippen LogP contribution in [-0.2, 0) is 0 Å². The molecule has 2 nitrogen and oxygen atoms in total. The Labute approximate surface area is 106 Å². The maximum absolute atomic E-state index is 5.75. The van der Waals surface area contributed by atoms with Crippen LogP contribution in [-0.4, -0.2) is 4.98 Å². The summed E-state index contributed by atoms with van der Waals surface area (Å²) >= 11 is 0. The van der Waals surface area contributed by atoms with E-state index in [-0.39, 0.29) is 0 Å². The Kier molecular flexibility index (Phi) is 2.37. The largest absolute Gasteiger partial charge is 0.399 e. The van der Waals surface area contributed by atoms with Crippen LogP contribution in [0.4, 0.5) is 5.69 Å². The molecule has 0 atom stereocenters. The molecule has 2 heteroatoms. The van der Waals surface area contributed by atoms with Crippen LogP contribution in [0.25, 0.3) is 22.0 Å². The minimum Gasteiger partial charge on any atom is -0.399 e. The number of H-pyrrole nitrogens is 1. The fourth-order valence-electron chi connectivity index (χ4n) is 2.46. The highest BCUT2D eigenvalue weighted by Crippen LogP contribution is 2.32. The number of hydrogen-bond acceptors (Lipinski definition) is 1. The van der Waals surface area contributed by atoms with E-state index >= 15 is 0 Å². The second-order valence-corrected chi connectivity index (χ2v) is 4.80. The number of nitrogens with one attached hydrogen (secondary N) is 1. The molecule has 90 valence electrons. The van der Waals surface area contributed by atoms with Crippen LogP contribution in [0.15, 0.2) is 42.5 Å². The SMILES string of the molecule is Cc1ccc2[nH]c(C)c(-c3ccc(N)cc3)c2c1. The third-order valence-electron chi connectivity index (χ3n) is 3.34. The van der Waals surface area contributed by atoms with Gasteiger partial charge in [0.2, 0.25) is 0 Å². The maximum atomic E-state index is 5.75. The van der Waals surface area contributed by atoms with Crippen LogP contribution in [0.5, 0.6) is 0 Å². The van der Waals surface area contributed by atoms with Crippen molar-refractivity contribution in [3.8, 4) is 11.1 Å². The molecule has 0 fully saturated rings. The van der Waals surface area contributed by atoms with Gasteiger partial charge in [-0.05, 0) is 43.7 Å². The summed E-state index contributed by atoms with van der Waals surface area (Å²) in [6.45, 7) is 4.23. The van der Waals surface area contributed by atoms with Crippen molar-refractivity contribution >= 4 is 16.6 Å². The zero-order valence-electron chi connectivity index (χ0n) is 10.6. The van der Waals surface area contributed by atoms with E-state index in [1.54, 1.807) is 0 Å². The Morgan fingerprint density at radius 1 is 0.944 bits per heavy atom. The molecule has 0 aliphatic rings. The summed E-state index contributed by atoms with van der Waals surface area (Å²) in [6.07, 6.45) is 0. The predicted molar refractivity (Wildman–Crippen MR) is 77.6 cm³/mol. The lowest BCUT2D eigenvalue weighted by Gasteiger charge is -2.03. The average molecular weight is 236 g/mol. The van der Waals surface area contributed by atoms with Crippen LogP contribution in [0.2, 0.25) is 0 Å². The zero-order chi connectivity index (χ0) is 12.7. The Bertz CT molecular complexity index is 706. The lowest BCUT2D eigenvalue weighted by molar-refractivity contribution is 1.30. The summed E-state index contributed by atoms with van der Waals surface area (Å²) in [5.74, 6) is 0. The molecule has 0 saturated heterocycles. The minimum absolute atomic E-state index is 0.799. The fraction of sp³-hybridized carbons (Fsp3) is 0.125. The summed E-state index contributed by atoms with van der Waals surface area (Å²) in [4.78, 5) is 3.44. The van der Waals surface area contributed by atoms with Crippen LogP contribution in [0.1, 0.15) is 11.3 Å². The first-order valence-corrected chi connectivity index (χ1v) is 6.10. The van der Waals surface area contributed by atoms with E-state index in [0.717, 1.165) is 5.69 Å². The molecule has 0 saturated carbocycles. The molecule has 0 bridgehead atoms. The molecule has 3 aromatic rings. The Morgan fingerprint density at radius 2 is 1.67 bits per heavy atom. The van der Waals surface area contributed by atoms with Gasteiger partial charge < -0.3 is 10.7 Å². The van der Waals surface area contributed by atoms with Crippen molar-refractivity contribution in [2.24, 2.45) is 0 Å². The van der Waals surface area contributed by atoms with Gasteiger partial charge in [-0.2, -0.15) is 0 Å². The molecule has 1 heterocycles. The monoisotopic (exact) mass is 236 g/mol. The van der Waals surface area contributed by atoms with Gasteiger partial charge in [0.15, 0.2) is 0 Å². The molecule has 0 amide bonds. The van der Waals surface area contributed by atoms with Crippen molar-refractivity contribution in [2.45, 2.75) is 13.8 Å². The van der Waals surface area contributed by atoms with Crippen molar-refractivity contribution in [2.75, 3.05) is 5.73 Å². The molecular formula is C16H16N2. The van der Waals surface area contributed by atoms with E-state index < -0.39 is 0 Å². The van der Waals surface area contributed by atoms with Crippen molar-refractivity contribution in [1.82, 2.24) is 4.98 Å². The normalized spacial score (nSPS) is 11.0. The summed E-state index contributed by atoms with van der Waals surface area (Å²) in [6, 6.07) is 14.5. The highest BCUT2D eigenvalue weighted by molar-refractivity contribution is 5.97. The minimum atomic E-state index is 0.799. The number of rotatable bonds is 1. The third-order valence-corrected chi connectivity index (χ3v) is 3.34. The highest BCUT2D eigenvalue weighted by atomic mass is 14.7. The van der Waals surface area contributed by atoms with Crippen molar-refractivity contribution < 1.29 is 0 Å². The number of benzene rings is 2. The molecule has 0 spiro atoms. The number of anilines is 1.